The van der Waals surface area contributed by atoms with E-state index in [1.165, 1.54) is 19.3 Å². The fourth-order valence-electron chi connectivity index (χ4n) is 2.09. The van der Waals surface area contributed by atoms with Crippen molar-refractivity contribution >= 4 is 10.0 Å². The molecule has 0 aromatic heterocycles. The van der Waals surface area contributed by atoms with Crippen molar-refractivity contribution in [2.45, 2.75) is 83.3 Å². The summed E-state index contributed by atoms with van der Waals surface area (Å²) in [6, 6.07) is 1.92. The van der Waals surface area contributed by atoms with E-state index in [2.05, 4.69) is 18.6 Å². The zero-order valence-corrected chi connectivity index (χ0v) is 13.8. The minimum atomic E-state index is -3.46. The molecule has 0 aromatic carbocycles. The van der Waals surface area contributed by atoms with E-state index < -0.39 is 15.3 Å². The average Bonchev–Trinajstić information content (AvgIpc) is 2.42. The van der Waals surface area contributed by atoms with E-state index >= 15 is 0 Å². The lowest BCUT2D eigenvalue weighted by Gasteiger charge is -2.11. The van der Waals surface area contributed by atoms with Gasteiger partial charge in [-0.2, -0.15) is 5.26 Å². The average molecular weight is 302 g/mol. The molecule has 1 atom stereocenters. The van der Waals surface area contributed by atoms with E-state index in [0.29, 0.717) is 13.0 Å². The number of unbranched alkanes of at least 4 members (excludes halogenated alkanes) is 7. The van der Waals surface area contributed by atoms with Crippen molar-refractivity contribution in [3.63, 3.8) is 0 Å². The van der Waals surface area contributed by atoms with Crippen LogP contribution >= 0.6 is 0 Å². The molecule has 0 aliphatic heterocycles. The maximum Gasteiger partial charge on any atom is 0.227 e. The van der Waals surface area contributed by atoms with E-state index in [1.807, 2.05) is 6.07 Å². The molecule has 0 aliphatic rings. The molecule has 0 saturated heterocycles. The predicted octanol–water partition coefficient (Wildman–Crippen LogP) is 3.74. The minimum absolute atomic E-state index is 0.441. The van der Waals surface area contributed by atoms with Crippen LogP contribution in [-0.2, 0) is 10.0 Å². The lowest BCUT2D eigenvalue weighted by atomic mass is 10.1. The maximum atomic E-state index is 12.0. The fraction of sp³-hybridized carbons (Fsp3) is 0.933. The van der Waals surface area contributed by atoms with E-state index in [0.717, 1.165) is 38.5 Å². The Morgan fingerprint density at radius 1 is 0.950 bits per heavy atom. The molecule has 0 aliphatic carbocycles. The van der Waals surface area contributed by atoms with Gasteiger partial charge in [0, 0.05) is 6.54 Å². The standard InChI is InChI=1S/C15H30N2O2S/c1-3-5-7-8-9-11-13-17-20(18,19)15(14-16)12-10-6-4-2/h15,17H,3-13H2,1-2H3. The van der Waals surface area contributed by atoms with Crippen molar-refractivity contribution in [2.24, 2.45) is 0 Å². The smallest absolute Gasteiger partial charge is 0.214 e. The van der Waals surface area contributed by atoms with E-state index in [4.69, 9.17) is 5.26 Å². The summed E-state index contributed by atoms with van der Waals surface area (Å²) >= 11 is 0. The summed E-state index contributed by atoms with van der Waals surface area (Å²) in [6.45, 7) is 4.70. The van der Waals surface area contributed by atoms with Crippen LogP contribution in [0.1, 0.15) is 78.1 Å². The lowest BCUT2D eigenvalue weighted by molar-refractivity contribution is 0.554. The van der Waals surface area contributed by atoms with Gasteiger partial charge in [0.1, 0.15) is 0 Å². The molecule has 0 fully saturated rings. The van der Waals surface area contributed by atoms with E-state index in [1.54, 1.807) is 0 Å². The summed E-state index contributed by atoms with van der Waals surface area (Å²) in [7, 11) is -3.46. The monoisotopic (exact) mass is 302 g/mol. The highest BCUT2D eigenvalue weighted by Gasteiger charge is 2.23. The fourth-order valence-corrected chi connectivity index (χ4v) is 3.33. The first-order valence-corrected chi connectivity index (χ1v) is 9.51. The van der Waals surface area contributed by atoms with Crippen molar-refractivity contribution in [1.29, 1.82) is 5.26 Å². The van der Waals surface area contributed by atoms with Crippen molar-refractivity contribution in [2.75, 3.05) is 6.54 Å². The first-order valence-electron chi connectivity index (χ1n) is 7.96. The molecule has 0 saturated carbocycles. The van der Waals surface area contributed by atoms with Crippen LogP contribution in [0.4, 0.5) is 0 Å². The Bertz CT molecular complexity index is 361. The van der Waals surface area contributed by atoms with Crippen molar-refractivity contribution in [3.05, 3.63) is 0 Å². The highest BCUT2D eigenvalue weighted by atomic mass is 32.2. The van der Waals surface area contributed by atoms with Gasteiger partial charge in [0.15, 0.2) is 5.25 Å². The first-order chi connectivity index (χ1) is 9.58. The van der Waals surface area contributed by atoms with Gasteiger partial charge < -0.3 is 0 Å². The molecule has 5 heteroatoms. The van der Waals surface area contributed by atoms with Crippen LogP contribution in [0.2, 0.25) is 0 Å². The number of sulfonamides is 1. The Balaban J connectivity index is 3.89. The topological polar surface area (TPSA) is 70.0 Å². The van der Waals surface area contributed by atoms with Crippen LogP contribution < -0.4 is 4.72 Å². The number of hydrogen-bond donors (Lipinski definition) is 1. The van der Waals surface area contributed by atoms with E-state index in [-0.39, 0.29) is 0 Å². The normalized spacial score (nSPS) is 13.1. The van der Waals surface area contributed by atoms with Gasteiger partial charge in [-0.3, -0.25) is 0 Å². The third kappa shape index (κ3) is 9.33. The summed E-state index contributed by atoms with van der Waals surface area (Å²) < 4.78 is 26.5. The van der Waals surface area contributed by atoms with Crippen molar-refractivity contribution in [1.82, 2.24) is 4.72 Å². The molecule has 0 rings (SSSR count). The van der Waals surface area contributed by atoms with Gasteiger partial charge in [-0.05, 0) is 12.8 Å². The molecule has 1 unspecified atom stereocenters. The Kier molecular flexibility index (Phi) is 11.8. The molecule has 0 spiro atoms. The SMILES string of the molecule is CCCCCCCCNS(=O)(=O)C(C#N)CCCCC. The van der Waals surface area contributed by atoms with Crippen LogP contribution in [0.5, 0.6) is 0 Å². The van der Waals surface area contributed by atoms with Crippen LogP contribution in [0.3, 0.4) is 0 Å². The molecule has 0 bridgehead atoms. The number of nitrogens with zero attached hydrogens (tertiary/aromatic N) is 1. The summed E-state index contributed by atoms with van der Waals surface area (Å²) in [5.74, 6) is 0. The maximum absolute atomic E-state index is 12.0. The molecular formula is C15H30N2O2S. The van der Waals surface area contributed by atoms with Crippen LogP contribution in [0.15, 0.2) is 0 Å². The summed E-state index contributed by atoms with van der Waals surface area (Å²) in [4.78, 5) is 0. The lowest BCUT2D eigenvalue weighted by Crippen LogP contribution is -2.34. The van der Waals surface area contributed by atoms with Crippen molar-refractivity contribution < 1.29 is 8.42 Å². The van der Waals surface area contributed by atoms with Gasteiger partial charge in [0.2, 0.25) is 10.0 Å². The second-order valence-electron chi connectivity index (χ2n) is 5.32. The second-order valence-corrected chi connectivity index (χ2v) is 7.27. The zero-order chi connectivity index (χ0) is 15.3. The van der Waals surface area contributed by atoms with Gasteiger partial charge in [-0.25, -0.2) is 13.1 Å². The summed E-state index contributed by atoms with van der Waals surface area (Å²) in [6.07, 6.45) is 10.0. The largest absolute Gasteiger partial charge is 0.227 e. The molecule has 118 valence electrons. The van der Waals surface area contributed by atoms with Gasteiger partial charge in [0.05, 0.1) is 6.07 Å². The van der Waals surface area contributed by atoms with E-state index in [9.17, 15) is 8.42 Å². The third-order valence-electron chi connectivity index (χ3n) is 3.42. The minimum Gasteiger partial charge on any atom is -0.214 e. The Morgan fingerprint density at radius 2 is 1.50 bits per heavy atom. The van der Waals surface area contributed by atoms with Crippen molar-refractivity contribution in [3.8, 4) is 6.07 Å². The molecule has 0 amide bonds. The molecule has 20 heavy (non-hydrogen) atoms. The molecular weight excluding hydrogens is 272 g/mol. The van der Waals surface area contributed by atoms with Gasteiger partial charge in [0.25, 0.3) is 0 Å². The molecule has 0 radical (unpaired) electrons. The Morgan fingerprint density at radius 3 is 2.10 bits per heavy atom. The van der Waals surface area contributed by atoms with Crippen LogP contribution in [0.25, 0.3) is 0 Å². The summed E-state index contributed by atoms with van der Waals surface area (Å²) in [5, 5.41) is 8.10. The summed E-state index contributed by atoms with van der Waals surface area (Å²) in [5.41, 5.74) is 0. The Hall–Kier alpha value is -0.600. The highest BCUT2D eigenvalue weighted by Crippen LogP contribution is 2.10. The number of nitrogens with one attached hydrogen (secondary N) is 1. The predicted molar refractivity (Wildman–Crippen MR) is 83.8 cm³/mol. The van der Waals surface area contributed by atoms with Gasteiger partial charge >= 0.3 is 0 Å². The zero-order valence-electron chi connectivity index (χ0n) is 13.0. The molecule has 0 heterocycles. The third-order valence-corrected chi connectivity index (χ3v) is 5.12. The van der Waals surface area contributed by atoms with Crippen LogP contribution in [0, 0.1) is 11.3 Å². The number of nitriles is 1. The Labute approximate surface area is 125 Å². The highest BCUT2D eigenvalue weighted by molar-refractivity contribution is 7.90. The molecule has 4 nitrogen and oxygen atoms in total. The first kappa shape index (κ1) is 19.4. The van der Waals surface area contributed by atoms with Crippen LogP contribution in [-0.4, -0.2) is 20.2 Å². The number of rotatable bonds is 13. The quantitative estimate of drug-likeness (QED) is 0.527. The van der Waals surface area contributed by atoms with Gasteiger partial charge in [-0.15, -0.1) is 0 Å². The second kappa shape index (κ2) is 12.2. The van der Waals surface area contributed by atoms with Gasteiger partial charge in [-0.1, -0.05) is 65.2 Å². The molecule has 1 N–H and O–H groups in total. The number of hydrogen-bond acceptors (Lipinski definition) is 3. The molecule has 0 aromatic rings.